The van der Waals surface area contributed by atoms with Gasteiger partial charge >= 0.3 is 0 Å². The first-order valence-corrected chi connectivity index (χ1v) is 4.69. The largest absolute Gasteiger partial charge is 0.397 e. The predicted molar refractivity (Wildman–Crippen MR) is 65.1 cm³/mol. The zero-order valence-electron chi connectivity index (χ0n) is 8.27. The van der Waals surface area contributed by atoms with Gasteiger partial charge in [0, 0.05) is 5.56 Å². The van der Waals surface area contributed by atoms with E-state index < -0.39 is 0 Å². The molecule has 0 atom stereocenters. The fourth-order valence-corrected chi connectivity index (χ4v) is 1.52. The van der Waals surface area contributed by atoms with Gasteiger partial charge in [-0.05, 0) is 11.6 Å². The number of hydrogen-bond acceptors (Lipinski definition) is 3. The zero-order valence-corrected chi connectivity index (χ0v) is 8.27. The second kappa shape index (κ2) is 3.53. The van der Waals surface area contributed by atoms with Gasteiger partial charge in [0.25, 0.3) is 0 Å². The molecule has 0 bridgehead atoms. The van der Waals surface area contributed by atoms with Crippen LogP contribution in [0.15, 0.2) is 42.5 Å². The van der Waals surface area contributed by atoms with Crippen molar-refractivity contribution in [3.63, 3.8) is 0 Å². The van der Waals surface area contributed by atoms with E-state index in [4.69, 9.17) is 17.2 Å². The molecule has 3 heteroatoms. The summed E-state index contributed by atoms with van der Waals surface area (Å²) < 4.78 is 0. The molecule has 0 aliphatic carbocycles. The fourth-order valence-electron chi connectivity index (χ4n) is 1.52. The lowest BCUT2D eigenvalue weighted by Gasteiger charge is -2.10. The Morgan fingerprint density at radius 2 is 1.33 bits per heavy atom. The van der Waals surface area contributed by atoms with Crippen molar-refractivity contribution in [2.45, 2.75) is 0 Å². The summed E-state index contributed by atoms with van der Waals surface area (Å²) in [5.41, 5.74) is 20.8. The molecule has 0 saturated heterocycles. The Morgan fingerprint density at radius 1 is 0.667 bits per heavy atom. The molecule has 2 aromatic carbocycles. The summed E-state index contributed by atoms with van der Waals surface area (Å²) in [6, 6.07) is 13.5. The van der Waals surface area contributed by atoms with E-state index in [1.54, 1.807) is 6.07 Å². The lowest BCUT2D eigenvalue weighted by Crippen LogP contribution is -2.01. The summed E-state index contributed by atoms with van der Waals surface area (Å²) in [6.45, 7) is 0. The standard InChI is InChI=1S/C12H13N3/c13-10-7-6-9(11(14)12(10)15)8-4-2-1-3-5-8/h1-7H,13-15H2. The minimum absolute atomic E-state index is 0.455. The van der Waals surface area contributed by atoms with Crippen LogP contribution in [0.25, 0.3) is 11.1 Å². The maximum atomic E-state index is 5.91. The smallest absolute Gasteiger partial charge is 0.0787 e. The van der Waals surface area contributed by atoms with E-state index >= 15 is 0 Å². The normalized spacial score (nSPS) is 10.1. The second-order valence-corrected chi connectivity index (χ2v) is 3.40. The Morgan fingerprint density at radius 3 is 2.00 bits per heavy atom. The van der Waals surface area contributed by atoms with Gasteiger partial charge in [-0.2, -0.15) is 0 Å². The molecule has 0 heterocycles. The van der Waals surface area contributed by atoms with Crippen molar-refractivity contribution in [2.75, 3.05) is 17.2 Å². The van der Waals surface area contributed by atoms with Crippen molar-refractivity contribution in [2.24, 2.45) is 0 Å². The molecule has 0 radical (unpaired) electrons. The fraction of sp³-hybridized carbons (Fsp3) is 0. The van der Waals surface area contributed by atoms with Crippen LogP contribution in [0.4, 0.5) is 17.1 Å². The maximum absolute atomic E-state index is 5.91. The molecule has 0 spiro atoms. The van der Waals surface area contributed by atoms with Crippen LogP contribution in [0.1, 0.15) is 0 Å². The number of anilines is 3. The highest BCUT2D eigenvalue weighted by atomic mass is 14.7. The van der Waals surface area contributed by atoms with Gasteiger partial charge in [0.2, 0.25) is 0 Å². The molecule has 0 saturated carbocycles. The van der Waals surface area contributed by atoms with Gasteiger partial charge in [-0.3, -0.25) is 0 Å². The van der Waals surface area contributed by atoms with Crippen LogP contribution in [0.3, 0.4) is 0 Å². The minimum Gasteiger partial charge on any atom is -0.397 e. The third kappa shape index (κ3) is 1.59. The number of nitrogen functional groups attached to an aromatic ring is 3. The first-order chi connectivity index (χ1) is 7.20. The monoisotopic (exact) mass is 199 g/mol. The maximum Gasteiger partial charge on any atom is 0.0787 e. The summed E-state index contributed by atoms with van der Waals surface area (Å²) in [6.07, 6.45) is 0. The average molecular weight is 199 g/mol. The van der Waals surface area contributed by atoms with E-state index in [0.717, 1.165) is 11.1 Å². The van der Waals surface area contributed by atoms with Crippen molar-refractivity contribution in [3.05, 3.63) is 42.5 Å². The highest BCUT2D eigenvalue weighted by Gasteiger charge is 2.06. The third-order valence-corrected chi connectivity index (χ3v) is 2.41. The number of nitrogens with two attached hydrogens (primary N) is 3. The van der Waals surface area contributed by atoms with Crippen LogP contribution in [0, 0.1) is 0 Å². The van der Waals surface area contributed by atoms with Crippen LogP contribution in [-0.4, -0.2) is 0 Å². The topological polar surface area (TPSA) is 78.1 Å². The van der Waals surface area contributed by atoms with Crippen molar-refractivity contribution < 1.29 is 0 Å². The van der Waals surface area contributed by atoms with Crippen molar-refractivity contribution in [1.29, 1.82) is 0 Å². The molecular formula is C12H13N3. The van der Waals surface area contributed by atoms with Gasteiger partial charge in [0.05, 0.1) is 17.1 Å². The average Bonchev–Trinajstić information content (AvgIpc) is 2.27. The molecule has 0 aliphatic rings. The first-order valence-electron chi connectivity index (χ1n) is 4.69. The number of benzene rings is 2. The molecule has 3 nitrogen and oxygen atoms in total. The van der Waals surface area contributed by atoms with Crippen LogP contribution in [0.5, 0.6) is 0 Å². The molecule has 0 aromatic heterocycles. The first kappa shape index (κ1) is 9.40. The van der Waals surface area contributed by atoms with E-state index in [2.05, 4.69) is 0 Å². The second-order valence-electron chi connectivity index (χ2n) is 3.40. The molecule has 0 amide bonds. The predicted octanol–water partition coefficient (Wildman–Crippen LogP) is 2.10. The molecule has 76 valence electrons. The van der Waals surface area contributed by atoms with Gasteiger partial charge in [-0.25, -0.2) is 0 Å². The molecule has 0 unspecified atom stereocenters. The number of rotatable bonds is 1. The van der Waals surface area contributed by atoms with Crippen LogP contribution < -0.4 is 17.2 Å². The van der Waals surface area contributed by atoms with E-state index in [1.165, 1.54) is 0 Å². The van der Waals surface area contributed by atoms with E-state index in [-0.39, 0.29) is 0 Å². The van der Waals surface area contributed by atoms with Crippen LogP contribution >= 0.6 is 0 Å². The van der Waals surface area contributed by atoms with Crippen molar-refractivity contribution in [3.8, 4) is 11.1 Å². The van der Waals surface area contributed by atoms with Gasteiger partial charge < -0.3 is 17.2 Å². The summed E-state index contributed by atoms with van der Waals surface area (Å²) >= 11 is 0. The summed E-state index contributed by atoms with van der Waals surface area (Å²) in [5, 5.41) is 0. The van der Waals surface area contributed by atoms with Gasteiger partial charge in [-0.15, -0.1) is 0 Å². The van der Waals surface area contributed by atoms with Gasteiger partial charge in [0.15, 0.2) is 0 Å². The molecule has 2 rings (SSSR count). The highest BCUT2D eigenvalue weighted by Crippen LogP contribution is 2.33. The molecule has 0 aliphatic heterocycles. The Kier molecular flexibility index (Phi) is 2.21. The zero-order chi connectivity index (χ0) is 10.8. The third-order valence-electron chi connectivity index (χ3n) is 2.41. The Bertz CT molecular complexity index is 478. The van der Waals surface area contributed by atoms with E-state index in [9.17, 15) is 0 Å². The van der Waals surface area contributed by atoms with Crippen LogP contribution in [0.2, 0.25) is 0 Å². The van der Waals surface area contributed by atoms with Crippen LogP contribution in [-0.2, 0) is 0 Å². The van der Waals surface area contributed by atoms with E-state index in [0.29, 0.717) is 17.1 Å². The van der Waals surface area contributed by atoms with Gasteiger partial charge in [0.1, 0.15) is 0 Å². The summed E-state index contributed by atoms with van der Waals surface area (Å²) in [7, 11) is 0. The SMILES string of the molecule is Nc1ccc(-c2ccccc2)c(N)c1N. The highest BCUT2D eigenvalue weighted by molar-refractivity contribution is 5.90. The van der Waals surface area contributed by atoms with E-state index in [1.807, 2.05) is 36.4 Å². The molecule has 0 fully saturated rings. The summed E-state index contributed by atoms with van der Waals surface area (Å²) in [5.74, 6) is 0. The molecular weight excluding hydrogens is 186 g/mol. The quantitative estimate of drug-likeness (QED) is 0.615. The molecule has 6 N–H and O–H groups in total. The van der Waals surface area contributed by atoms with Crippen molar-refractivity contribution >= 4 is 17.1 Å². The molecule has 15 heavy (non-hydrogen) atoms. The van der Waals surface area contributed by atoms with Crippen molar-refractivity contribution in [1.82, 2.24) is 0 Å². The lowest BCUT2D eigenvalue weighted by molar-refractivity contribution is 1.60. The minimum atomic E-state index is 0.455. The Labute approximate surface area is 88.5 Å². The lowest BCUT2D eigenvalue weighted by atomic mass is 10.0. The Hall–Kier alpha value is -2.16. The Balaban J connectivity index is 2.60. The molecule has 2 aromatic rings. The number of hydrogen-bond donors (Lipinski definition) is 3. The summed E-state index contributed by atoms with van der Waals surface area (Å²) in [4.78, 5) is 0. The van der Waals surface area contributed by atoms with Gasteiger partial charge in [-0.1, -0.05) is 36.4 Å².